The number of aliphatic carboxylic acids is 1. The highest BCUT2D eigenvalue weighted by Gasteiger charge is 2.52. The van der Waals surface area contributed by atoms with Crippen LogP contribution in [0.25, 0.3) is 0 Å². The second-order valence-electron chi connectivity index (χ2n) is 10.7. The molecule has 31 heavy (non-hydrogen) atoms. The van der Waals surface area contributed by atoms with E-state index in [2.05, 4.69) is 25.0 Å². The zero-order chi connectivity index (χ0) is 22.9. The van der Waals surface area contributed by atoms with E-state index < -0.39 is 31.2 Å². The van der Waals surface area contributed by atoms with Crippen molar-refractivity contribution in [3.8, 4) is 0 Å². The zero-order valence-corrected chi connectivity index (χ0v) is 19.9. The second kappa shape index (κ2) is 9.26. The van der Waals surface area contributed by atoms with Gasteiger partial charge in [-0.3, -0.25) is 4.79 Å². The fourth-order valence-corrected chi connectivity index (χ4v) is 7.17. The number of rotatable bonds is 7. The van der Waals surface area contributed by atoms with Crippen molar-refractivity contribution in [1.82, 2.24) is 5.32 Å². The number of hydrogen-bond acceptors (Lipinski definition) is 2. The van der Waals surface area contributed by atoms with Gasteiger partial charge in [-0.1, -0.05) is 57.1 Å². The van der Waals surface area contributed by atoms with E-state index in [-0.39, 0.29) is 11.8 Å². The molecule has 174 valence electrons. The number of carboxylic acid groups (broad SMARTS) is 1. The molecule has 0 amide bonds. The van der Waals surface area contributed by atoms with Gasteiger partial charge in [-0.05, 0) is 61.8 Å². The van der Waals surface area contributed by atoms with Gasteiger partial charge in [0.1, 0.15) is 0 Å². The Morgan fingerprint density at radius 2 is 1.68 bits per heavy atom. The maximum atomic E-state index is 13.2. The SMILES string of the molecule is C[Si](C)(C)CCCC(C(=O)O)(c1ccc(C(F)(F)F)cc1)C1CCNC2CCCCC21. The van der Waals surface area contributed by atoms with Crippen LogP contribution in [0.1, 0.15) is 56.1 Å². The van der Waals surface area contributed by atoms with Crippen LogP contribution in [0.4, 0.5) is 13.2 Å². The first-order chi connectivity index (χ1) is 14.4. The van der Waals surface area contributed by atoms with Crippen molar-refractivity contribution in [2.24, 2.45) is 11.8 Å². The van der Waals surface area contributed by atoms with Gasteiger partial charge >= 0.3 is 12.1 Å². The molecule has 2 aliphatic rings. The van der Waals surface area contributed by atoms with Gasteiger partial charge in [0.05, 0.1) is 11.0 Å². The van der Waals surface area contributed by atoms with E-state index in [0.29, 0.717) is 18.0 Å². The lowest BCUT2D eigenvalue weighted by molar-refractivity contribution is -0.149. The molecule has 0 aromatic heterocycles. The first kappa shape index (κ1) is 24.3. The quantitative estimate of drug-likeness (QED) is 0.473. The van der Waals surface area contributed by atoms with Gasteiger partial charge in [-0.2, -0.15) is 13.2 Å². The zero-order valence-electron chi connectivity index (χ0n) is 18.9. The van der Waals surface area contributed by atoms with E-state index in [4.69, 9.17) is 0 Å². The van der Waals surface area contributed by atoms with Crippen molar-refractivity contribution < 1.29 is 23.1 Å². The maximum absolute atomic E-state index is 13.2. The average molecular weight is 456 g/mol. The standard InChI is InChI=1S/C24H36F3NO2Si/c1-31(2,3)16-6-14-23(22(29)30,17-9-11-18(12-10-17)24(25,26)27)20-13-15-28-21-8-5-4-7-19(20)21/h9-12,19-21,28H,4-8,13-16H2,1-3H3,(H,29,30). The third-order valence-corrected chi connectivity index (χ3v) is 9.29. The Hall–Kier alpha value is -1.34. The topological polar surface area (TPSA) is 49.3 Å². The number of carboxylic acids is 1. The summed E-state index contributed by atoms with van der Waals surface area (Å²) in [7, 11) is -1.36. The summed E-state index contributed by atoms with van der Waals surface area (Å²) < 4.78 is 39.5. The van der Waals surface area contributed by atoms with Gasteiger partial charge in [0.25, 0.3) is 0 Å². The smallest absolute Gasteiger partial charge is 0.416 e. The highest BCUT2D eigenvalue weighted by Crippen LogP contribution is 2.49. The fourth-order valence-electron chi connectivity index (χ4n) is 5.93. The van der Waals surface area contributed by atoms with Crippen molar-refractivity contribution in [2.45, 2.75) is 88.3 Å². The number of piperidine rings is 1. The van der Waals surface area contributed by atoms with Crippen LogP contribution in [0, 0.1) is 11.8 Å². The lowest BCUT2D eigenvalue weighted by Gasteiger charge is -2.50. The van der Waals surface area contributed by atoms with Crippen molar-refractivity contribution in [3.63, 3.8) is 0 Å². The van der Waals surface area contributed by atoms with Crippen LogP contribution in [-0.4, -0.2) is 31.7 Å². The van der Waals surface area contributed by atoms with E-state index in [1.165, 1.54) is 12.1 Å². The minimum absolute atomic E-state index is 0.0603. The first-order valence-electron chi connectivity index (χ1n) is 11.6. The molecule has 3 nitrogen and oxygen atoms in total. The van der Waals surface area contributed by atoms with Crippen LogP contribution in [0.15, 0.2) is 24.3 Å². The molecular weight excluding hydrogens is 419 g/mol. The number of alkyl halides is 3. The number of nitrogens with one attached hydrogen (secondary N) is 1. The minimum Gasteiger partial charge on any atom is -0.481 e. The molecule has 1 aliphatic heterocycles. The molecule has 1 saturated carbocycles. The Morgan fingerprint density at radius 3 is 2.26 bits per heavy atom. The summed E-state index contributed by atoms with van der Waals surface area (Å²) in [5.74, 6) is -0.679. The Bertz CT molecular complexity index is 758. The maximum Gasteiger partial charge on any atom is 0.416 e. The van der Waals surface area contributed by atoms with E-state index >= 15 is 0 Å². The van der Waals surface area contributed by atoms with Gasteiger partial charge in [-0.25, -0.2) is 0 Å². The monoisotopic (exact) mass is 455 g/mol. The largest absolute Gasteiger partial charge is 0.481 e. The Kier molecular flexibility index (Phi) is 7.26. The Labute approximate surface area is 184 Å². The lowest BCUT2D eigenvalue weighted by Crippen LogP contribution is -2.56. The minimum atomic E-state index is -4.43. The van der Waals surface area contributed by atoms with Crippen molar-refractivity contribution >= 4 is 14.0 Å². The molecule has 1 aromatic carbocycles. The Morgan fingerprint density at radius 1 is 1.06 bits per heavy atom. The number of halogens is 3. The molecule has 4 atom stereocenters. The lowest BCUT2D eigenvalue weighted by atomic mass is 9.57. The molecule has 1 saturated heterocycles. The summed E-state index contributed by atoms with van der Waals surface area (Å²) >= 11 is 0. The van der Waals surface area contributed by atoms with Crippen LogP contribution >= 0.6 is 0 Å². The second-order valence-corrected chi connectivity index (χ2v) is 16.3. The van der Waals surface area contributed by atoms with E-state index in [0.717, 1.165) is 63.2 Å². The molecular formula is C24H36F3NO2Si. The molecule has 1 aromatic rings. The molecule has 2 N–H and O–H groups in total. The number of fused-ring (bicyclic) bond motifs is 1. The summed E-state index contributed by atoms with van der Waals surface area (Å²) in [6, 6.07) is 6.33. The summed E-state index contributed by atoms with van der Waals surface area (Å²) in [4.78, 5) is 13.0. The third kappa shape index (κ3) is 5.36. The average Bonchev–Trinajstić information content (AvgIpc) is 2.69. The summed E-state index contributed by atoms with van der Waals surface area (Å²) in [5.41, 5.74) is -1.31. The molecule has 0 bridgehead atoms. The molecule has 4 unspecified atom stereocenters. The molecule has 1 heterocycles. The van der Waals surface area contributed by atoms with Gasteiger partial charge in [0.15, 0.2) is 0 Å². The fraction of sp³-hybridized carbons (Fsp3) is 0.708. The number of benzene rings is 1. The molecule has 2 fully saturated rings. The van der Waals surface area contributed by atoms with Crippen LogP contribution in [0.5, 0.6) is 0 Å². The van der Waals surface area contributed by atoms with E-state index in [9.17, 15) is 23.1 Å². The highest BCUT2D eigenvalue weighted by molar-refractivity contribution is 6.76. The summed E-state index contributed by atoms with van der Waals surface area (Å²) in [6.45, 7) is 7.59. The number of hydrogen-bond donors (Lipinski definition) is 2. The van der Waals surface area contributed by atoms with E-state index in [1.54, 1.807) is 0 Å². The van der Waals surface area contributed by atoms with Crippen LogP contribution in [0.3, 0.4) is 0 Å². The predicted octanol–water partition coefficient (Wildman–Crippen LogP) is 6.31. The number of carbonyl (C=O) groups is 1. The molecule has 0 radical (unpaired) electrons. The van der Waals surface area contributed by atoms with Gasteiger partial charge in [0.2, 0.25) is 0 Å². The third-order valence-electron chi connectivity index (χ3n) is 7.44. The van der Waals surface area contributed by atoms with Crippen molar-refractivity contribution in [3.05, 3.63) is 35.4 Å². The Balaban J connectivity index is 2.03. The van der Waals surface area contributed by atoms with Crippen LogP contribution < -0.4 is 5.32 Å². The van der Waals surface area contributed by atoms with Crippen molar-refractivity contribution in [2.75, 3.05) is 6.54 Å². The van der Waals surface area contributed by atoms with Crippen LogP contribution in [-0.2, 0) is 16.4 Å². The summed E-state index contributed by atoms with van der Waals surface area (Å²) in [5, 5.41) is 14.2. The van der Waals surface area contributed by atoms with Crippen molar-refractivity contribution in [1.29, 1.82) is 0 Å². The first-order valence-corrected chi connectivity index (χ1v) is 15.3. The van der Waals surface area contributed by atoms with Gasteiger partial charge < -0.3 is 10.4 Å². The van der Waals surface area contributed by atoms with Crippen LogP contribution in [0.2, 0.25) is 25.7 Å². The van der Waals surface area contributed by atoms with Gasteiger partial charge in [-0.15, -0.1) is 0 Å². The summed E-state index contributed by atoms with van der Waals surface area (Å²) in [6.07, 6.45) is 1.90. The molecule has 3 rings (SSSR count). The molecule has 1 aliphatic carbocycles. The highest BCUT2D eigenvalue weighted by atomic mass is 28.3. The normalized spacial score (nSPS) is 26.7. The van der Waals surface area contributed by atoms with Gasteiger partial charge in [0, 0.05) is 14.1 Å². The predicted molar refractivity (Wildman–Crippen MR) is 120 cm³/mol. The molecule has 0 spiro atoms. The molecule has 7 heteroatoms. The van der Waals surface area contributed by atoms with E-state index in [1.807, 2.05) is 0 Å².